The topological polar surface area (TPSA) is 102 Å². The lowest BCUT2D eigenvalue weighted by atomic mass is 9.97. The van der Waals surface area contributed by atoms with E-state index in [-0.39, 0.29) is 5.91 Å². The summed E-state index contributed by atoms with van der Waals surface area (Å²) in [6.07, 6.45) is 0.436. The van der Waals surface area contributed by atoms with E-state index in [2.05, 4.69) is 25.9 Å². The van der Waals surface area contributed by atoms with Gasteiger partial charge in [-0.15, -0.1) is 10.2 Å². The van der Waals surface area contributed by atoms with Crippen molar-refractivity contribution in [3.05, 3.63) is 59.9 Å². The van der Waals surface area contributed by atoms with Crippen LogP contribution in [-0.4, -0.2) is 40.8 Å². The molecule has 0 aliphatic heterocycles. The number of benzene rings is 2. The number of aromatic amines is 1. The minimum Gasteiger partial charge on any atom is -0.497 e. The van der Waals surface area contributed by atoms with Gasteiger partial charge in [-0.3, -0.25) is 4.79 Å². The Kier molecular flexibility index (Phi) is 5.43. The molecule has 0 unspecified atom stereocenters. The fourth-order valence-corrected chi connectivity index (χ4v) is 2.52. The number of hydrogen-bond donors (Lipinski definition) is 2. The smallest absolute Gasteiger partial charge is 0.235 e. The van der Waals surface area contributed by atoms with Crippen LogP contribution in [0.15, 0.2) is 48.5 Å². The van der Waals surface area contributed by atoms with Crippen LogP contribution in [0.1, 0.15) is 17.3 Å². The lowest BCUT2D eigenvalue weighted by molar-refractivity contribution is -0.117. The summed E-state index contributed by atoms with van der Waals surface area (Å²) in [5, 5.41) is 16.8. The minimum atomic E-state index is -0.579. The quantitative estimate of drug-likeness (QED) is 0.675. The van der Waals surface area contributed by atoms with Crippen molar-refractivity contribution in [3.8, 4) is 11.5 Å². The van der Waals surface area contributed by atoms with Gasteiger partial charge >= 0.3 is 0 Å². The molecule has 0 saturated heterocycles. The third kappa shape index (κ3) is 4.15. The first-order valence-electron chi connectivity index (χ1n) is 8.01. The van der Waals surface area contributed by atoms with Crippen molar-refractivity contribution in [2.24, 2.45) is 0 Å². The van der Waals surface area contributed by atoms with Gasteiger partial charge in [0.2, 0.25) is 5.91 Å². The van der Waals surface area contributed by atoms with Gasteiger partial charge in [0.05, 0.1) is 14.2 Å². The summed E-state index contributed by atoms with van der Waals surface area (Å²) in [7, 11) is 3.20. The molecule has 8 nitrogen and oxygen atoms in total. The number of H-pyrrole nitrogens is 1. The number of methoxy groups -OCH3 is 2. The Labute approximate surface area is 150 Å². The highest BCUT2D eigenvalue weighted by atomic mass is 16.5. The average molecular weight is 353 g/mol. The Hall–Kier alpha value is -3.42. The normalized spacial score (nSPS) is 11.6. The first kappa shape index (κ1) is 17.4. The number of tetrazole rings is 1. The van der Waals surface area contributed by atoms with Crippen LogP contribution in [0.4, 0.5) is 5.69 Å². The van der Waals surface area contributed by atoms with E-state index in [9.17, 15) is 4.79 Å². The van der Waals surface area contributed by atoms with Crippen LogP contribution < -0.4 is 14.8 Å². The number of carbonyl (C=O) groups excluding carboxylic acids is 1. The van der Waals surface area contributed by atoms with E-state index in [0.29, 0.717) is 17.9 Å². The van der Waals surface area contributed by atoms with Gasteiger partial charge in [-0.25, -0.2) is 0 Å². The van der Waals surface area contributed by atoms with Gasteiger partial charge in [0.15, 0.2) is 5.82 Å². The number of aromatic nitrogens is 4. The molecule has 3 rings (SSSR count). The second-order valence-electron chi connectivity index (χ2n) is 5.59. The van der Waals surface area contributed by atoms with Crippen molar-refractivity contribution in [2.75, 3.05) is 19.5 Å². The SMILES string of the molecule is COc1ccc(C[C@@H](C(=O)Nc2ccc(OC)cc2)c2nn[nH]n2)cc1. The molecule has 0 aliphatic rings. The van der Waals surface area contributed by atoms with E-state index in [1.807, 2.05) is 24.3 Å². The molecule has 8 heteroatoms. The number of anilines is 1. The number of carbonyl (C=O) groups is 1. The zero-order valence-electron chi connectivity index (χ0n) is 14.5. The molecule has 0 radical (unpaired) electrons. The highest BCUT2D eigenvalue weighted by Crippen LogP contribution is 2.22. The Morgan fingerprint density at radius 1 is 1.04 bits per heavy atom. The van der Waals surface area contributed by atoms with E-state index in [0.717, 1.165) is 17.1 Å². The summed E-state index contributed by atoms with van der Waals surface area (Å²) in [5.74, 6) is 1.02. The van der Waals surface area contributed by atoms with Crippen molar-refractivity contribution in [2.45, 2.75) is 12.3 Å². The number of rotatable bonds is 7. The number of hydrogen-bond acceptors (Lipinski definition) is 6. The maximum Gasteiger partial charge on any atom is 0.235 e. The van der Waals surface area contributed by atoms with Crippen molar-refractivity contribution >= 4 is 11.6 Å². The van der Waals surface area contributed by atoms with E-state index in [1.165, 1.54) is 0 Å². The predicted molar refractivity (Wildman–Crippen MR) is 95.2 cm³/mol. The van der Waals surface area contributed by atoms with Crippen molar-refractivity contribution < 1.29 is 14.3 Å². The van der Waals surface area contributed by atoms with Crippen molar-refractivity contribution in [3.63, 3.8) is 0 Å². The van der Waals surface area contributed by atoms with Crippen LogP contribution in [0, 0.1) is 0 Å². The predicted octanol–water partition coefficient (Wildman–Crippen LogP) is 2.18. The van der Waals surface area contributed by atoms with Crippen LogP contribution in [0.25, 0.3) is 0 Å². The molecule has 0 saturated carbocycles. The Balaban J connectivity index is 1.77. The van der Waals surface area contributed by atoms with E-state index in [4.69, 9.17) is 9.47 Å². The number of ether oxygens (including phenoxy) is 2. The molecule has 1 amide bonds. The number of amides is 1. The van der Waals surface area contributed by atoms with Gasteiger partial charge in [-0.05, 0) is 48.4 Å². The molecule has 134 valence electrons. The molecule has 0 bridgehead atoms. The molecule has 1 heterocycles. The summed E-state index contributed by atoms with van der Waals surface area (Å²) in [6, 6.07) is 14.6. The molecule has 2 aromatic carbocycles. The van der Waals surface area contributed by atoms with Crippen LogP contribution in [0.5, 0.6) is 11.5 Å². The van der Waals surface area contributed by atoms with Gasteiger partial charge in [0, 0.05) is 5.69 Å². The molecule has 0 aliphatic carbocycles. The Morgan fingerprint density at radius 3 is 2.19 bits per heavy atom. The van der Waals surface area contributed by atoms with Crippen molar-refractivity contribution in [1.29, 1.82) is 0 Å². The molecule has 2 N–H and O–H groups in total. The fraction of sp³-hybridized carbons (Fsp3) is 0.222. The zero-order valence-corrected chi connectivity index (χ0v) is 14.5. The maximum absolute atomic E-state index is 12.8. The summed E-state index contributed by atoms with van der Waals surface area (Å²) < 4.78 is 10.3. The molecular weight excluding hydrogens is 334 g/mol. The standard InChI is InChI=1S/C18H19N5O3/c1-25-14-7-3-12(4-8-14)11-16(17-20-22-23-21-17)18(24)19-13-5-9-15(26-2)10-6-13/h3-10,16H,11H2,1-2H3,(H,19,24)(H,20,21,22,23)/t16-/m1/s1. The van der Waals surface area contributed by atoms with Crippen molar-refractivity contribution in [1.82, 2.24) is 20.6 Å². The summed E-state index contributed by atoms with van der Waals surface area (Å²) >= 11 is 0. The second-order valence-corrected chi connectivity index (χ2v) is 5.59. The second kappa shape index (κ2) is 8.11. The number of nitrogens with one attached hydrogen (secondary N) is 2. The monoisotopic (exact) mass is 353 g/mol. The van der Waals surface area contributed by atoms with Crippen LogP contribution in [0.3, 0.4) is 0 Å². The summed E-state index contributed by atoms with van der Waals surface area (Å²) in [6.45, 7) is 0. The highest BCUT2D eigenvalue weighted by molar-refractivity contribution is 5.95. The zero-order chi connectivity index (χ0) is 18.4. The van der Waals surface area contributed by atoms with E-state index >= 15 is 0 Å². The van der Waals surface area contributed by atoms with Crippen LogP contribution in [-0.2, 0) is 11.2 Å². The van der Waals surface area contributed by atoms with Gasteiger partial charge in [-0.1, -0.05) is 17.3 Å². The van der Waals surface area contributed by atoms with Gasteiger partial charge in [-0.2, -0.15) is 5.21 Å². The summed E-state index contributed by atoms with van der Waals surface area (Å²) in [4.78, 5) is 12.8. The lowest BCUT2D eigenvalue weighted by Gasteiger charge is -2.14. The van der Waals surface area contributed by atoms with Crippen LogP contribution in [0.2, 0.25) is 0 Å². The van der Waals surface area contributed by atoms with E-state index < -0.39 is 5.92 Å². The molecule has 1 aromatic heterocycles. The fourth-order valence-electron chi connectivity index (χ4n) is 2.52. The van der Waals surface area contributed by atoms with Crippen LogP contribution >= 0.6 is 0 Å². The van der Waals surface area contributed by atoms with Gasteiger partial charge in [0.1, 0.15) is 17.4 Å². The van der Waals surface area contributed by atoms with Gasteiger partial charge in [0.25, 0.3) is 0 Å². The summed E-state index contributed by atoms with van der Waals surface area (Å²) in [5.41, 5.74) is 1.63. The molecule has 1 atom stereocenters. The number of nitrogens with zero attached hydrogens (tertiary/aromatic N) is 3. The molecule has 3 aromatic rings. The lowest BCUT2D eigenvalue weighted by Crippen LogP contribution is -2.24. The third-order valence-corrected chi connectivity index (χ3v) is 3.95. The molecular formula is C18H19N5O3. The minimum absolute atomic E-state index is 0.215. The Bertz CT molecular complexity index is 832. The third-order valence-electron chi connectivity index (χ3n) is 3.95. The van der Waals surface area contributed by atoms with Gasteiger partial charge < -0.3 is 14.8 Å². The Morgan fingerprint density at radius 2 is 1.65 bits per heavy atom. The molecule has 0 fully saturated rings. The average Bonchev–Trinajstić information content (AvgIpc) is 3.21. The molecule has 0 spiro atoms. The largest absolute Gasteiger partial charge is 0.497 e. The molecule has 26 heavy (non-hydrogen) atoms. The first-order valence-corrected chi connectivity index (χ1v) is 8.01. The maximum atomic E-state index is 12.8. The van der Waals surface area contributed by atoms with E-state index in [1.54, 1.807) is 38.5 Å². The first-order chi connectivity index (χ1) is 12.7. The highest BCUT2D eigenvalue weighted by Gasteiger charge is 2.25.